The molecular formula is C13H15ClN4O2S3. The molecule has 0 unspecified atom stereocenters. The number of hydrogen-bond acceptors (Lipinski definition) is 6. The number of ether oxygens (including phenoxy) is 1. The first-order valence-electron chi connectivity index (χ1n) is 6.58. The van der Waals surface area contributed by atoms with Gasteiger partial charge in [0.15, 0.2) is 5.11 Å². The normalized spacial score (nSPS) is 11.6. The number of rotatable bonds is 7. The second-order valence-electron chi connectivity index (χ2n) is 4.26. The van der Waals surface area contributed by atoms with Crippen LogP contribution < -0.4 is 16.0 Å². The average Bonchev–Trinajstić information content (AvgIpc) is 2.89. The molecule has 0 saturated carbocycles. The fourth-order valence-corrected chi connectivity index (χ4v) is 3.73. The highest BCUT2D eigenvalue weighted by Gasteiger charge is 2.08. The van der Waals surface area contributed by atoms with Gasteiger partial charge in [-0.1, -0.05) is 23.5 Å². The quantitative estimate of drug-likeness (QED) is 0.325. The monoisotopic (exact) mass is 390 g/mol. The van der Waals surface area contributed by atoms with E-state index < -0.39 is 0 Å². The molecule has 0 bridgehead atoms. The van der Waals surface area contributed by atoms with E-state index in [9.17, 15) is 4.79 Å². The molecule has 0 aliphatic rings. The fourth-order valence-electron chi connectivity index (χ4n) is 1.75. The molecule has 1 aromatic heterocycles. The summed E-state index contributed by atoms with van der Waals surface area (Å²) >= 11 is 13.2. The van der Waals surface area contributed by atoms with E-state index >= 15 is 0 Å². The van der Waals surface area contributed by atoms with Gasteiger partial charge in [0.2, 0.25) is 4.80 Å². The summed E-state index contributed by atoms with van der Waals surface area (Å²) in [5.41, 5.74) is 9.04. The number of thiocarbonyl (C=S) groups is 1. The van der Waals surface area contributed by atoms with E-state index in [1.807, 2.05) is 28.8 Å². The van der Waals surface area contributed by atoms with Gasteiger partial charge in [-0.3, -0.25) is 10.2 Å². The zero-order valence-corrected chi connectivity index (χ0v) is 15.2. The Kier molecular flexibility index (Phi) is 7.15. The number of halogens is 1. The van der Waals surface area contributed by atoms with Crippen molar-refractivity contribution < 1.29 is 9.53 Å². The number of thioether (sulfide) groups is 1. The highest BCUT2D eigenvalue weighted by molar-refractivity contribution is 7.99. The molecule has 124 valence electrons. The number of alkyl halides is 1. The number of benzene rings is 1. The van der Waals surface area contributed by atoms with E-state index in [0.717, 1.165) is 15.0 Å². The Hall–Kier alpha value is -1.29. The Morgan fingerprint density at radius 3 is 3.04 bits per heavy atom. The van der Waals surface area contributed by atoms with Crippen LogP contribution in [0, 0.1) is 0 Å². The number of thiazole rings is 1. The first-order chi connectivity index (χ1) is 11.1. The van der Waals surface area contributed by atoms with E-state index in [1.54, 1.807) is 0 Å². The zero-order chi connectivity index (χ0) is 16.7. The van der Waals surface area contributed by atoms with Crippen LogP contribution in [-0.2, 0) is 15.4 Å². The molecular weight excluding hydrogens is 376 g/mol. The fraction of sp³-hybridized carbons (Fsp3) is 0.308. The van der Waals surface area contributed by atoms with Crippen LogP contribution >= 0.6 is 46.9 Å². The second kappa shape index (κ2) is 9.11. The summed E-state index contributed by atoms with van der Waals surface area (Å²) in [5, 5.41) is 4.31. The summed E-state index contributed by atoms with van der Waals surface area (Å²) in [6.07, 6.45) is 0. The molecule has 0 aliphatic carbocycles. The number of carbonyl (C=O) groups excluding carboxylic acids is 1. The molecule has 0 fully saturated rings. The maximum atomic E-state index is 11.5. The number of fused-ring (bicyclic) bond motifs is 1. The molecule has 0 radical (unpaired) electrons. The van der Waals surface area contributed by atoms with Crippen molar-refractivity contribution in [2.24, 2.45) is 10.8 Å². The molecule has 1 aromatic carbocycles. The first-order valence-corrected chi connectivity index (χ1v) is 9.50. The van der Waals surface area contributed by atoms with Crippen molar-refractivity contribution in [1.29, 1.82) is 0 Å². The third-order valence-corrected chi connectivity index (χ3v) is 4.82. The van der Waals surface area contributed by atoms with Gasteiger partial charge in [-0.05, 0) is 24.4 Å². The van der Waals surface area contributed by atoms with Gasteiger partial charge < -0.3 is 15.0 Å². The van der Waals surface area contributed by atoms with E-state index in [4.69, 9.17) is 34.3 Å². The van der Waals surface area contributed by atoms with E-state index in [-0.39, 0.29) is 23.4 Å². The molecule has 0 amide bonds. The van der Waals surface area contributed by atoms with E-state index in [0.29, 0.717) is 11.8 Å². The van der Waals surface area contributed by atoms with Gasteiger partial charge in [-0.15, -0.1) is 28.5 Å². The van der Waals surface area contributed by atoms with Gasteiger partial charge >= 0.3 is 5.97 Å². The van der Waals surface area contributed by atoms with E-state index in [2.05, 4.69) is 10.5 Å². The van der Waals surface area contributed by atoms with Crippen LogP contribution in [0.25, 0.3) is 10.2 Å². The Balaban J connectivity index is 2.14. The standard InChI is InChI=1S/C13H15ClN4O2S3/c14-5-6-20-11(19)7-22-8-18-9-3-1-2-4-10(9)23-13(18)17-16-12(15)21/h1-4H,5-8H2,(H3,15,16,21). The van der Waals surface area contributed by atoms with Crippen LogP contribution in [0.1, 0.15) is 0 Å². The highest BCUT2D eigenvalue weighted by atomic mass is 35.5. The maximum Gasteiger partial charge on any atom is 0.316 e. The molecule has 23 heavy (non-hydrogen) atoms. The van der Waals surface area contributed by atoms with Crippen molar-refractivity contribution in [2.75, 3.05) is 18.2 Å². The van der Waals surface area contributed by atoms with Crippen LogP contribution in [0.15, 0.2) is 29.4 Å². The van der Waals surface area contributed by atoms with Crippen molar-refractivity contribution >= 4 is 68.2 Å². The minimum absolute atomic E-state index is 0.103. The number of carbonyl (C=O) groups is 1. The number of esters is 1. The van der Waals surface area contributed by atoms with Crippen molar-refractivity contribution in [1.82, 2.24) is 9.99 Å². The van der Waals surface area contributed by atoms with Crippen molar-refractivity contribution in [3.8, 4) is 0 Å². The molecule has 6 nitrogen and oxygen atoms in total. The predicted molar refractivity (Wildman–Crippen MR) is 99.4 cm³/mol. The first kappa shape index (κ1) is 18.1. The van der Waals surface area contributed by atoms with Gasteiger partial charge in [0.1, 0.15) is 6.61 Å². The molecule has 0 spiro atoms. The highest BCUT2D eigenvalue weighted by Crippen LogP contribution is 2.18. The number of nitrogens with two attached hydrogens (primary N) is 1. The largest absolute Gasteiger partial charge is 0.464 e. The molecule has 0 saturated heterocycles. The summed E-state index contributed by atoms with van der Waals surface area (Å²) in [6, 6.07) is 7.92. The molecule has 2 rings (SSSR count). The third kappa shape index (κ3) is 5.38. The second-order valence-corrected chi connectivity index (χ2v) is 7.04. The third-order valence-electron chi connectivity index (χ3n) is 2.63. The zero-order valence-electron chi connectivity index (χ0n) is 12.0. The summed E-state index contributed by atoms with van der Waals surface area (Å²) in [6.45, 7) is 0.230. The van der Waals surface area contributed by atoms with E-state index in [1.165, 1.54) is 23.1 Å². The van der Waals surface area contributed by atoms with Gasteiger partial charge in [-0.2, -0.15) is 0 Å². The van der Waals surface area contributed by atoms with Crippen molar-refractivity contribution in [3.63, 3.8) is 0 Å². The minimum Gasteiger partial charge on any atom is -0.464 e. The molecule has 3 N–H and O–H groups in total. The maximum absolute atomic E-state index is 11.5. The molecule has 2 aromatic rings. The lowest BCUT2D eigenvalue weighted by Gasteiger charge is -2.05. The number of hydrogen-bond donors (Lipinski definition) is 2. The number of para-hydroxylation sites is 1. The number of nitrogens with zero attached hydrogens (tertiary/aromatic N) is 2. The summed E-state index contributed by atoms with van der Waals surface area (Å²) in [7, 11) is 0. The van der Waals surface area contributed by atoms with Crippen molar-refractivity contribution in [3.05, 3.63) is 29.1 Å². The lowest BCUT2D eigenvalue weighted by atomic mass is 10.3. The van der Waals surface area contributed by atoms with Crippen LogP contribution in [0.2, 0.25) is 0 Å². The molecule has 0 aliphatic heterocycles. The van der Waals surface area contributed by atoms with Gasteiger partial charge in [-0.25, -0.2) is 0 Å². The molecule has 1 heterocycles. The SMILES string of the molecule is NC(=S)NN=c1sc2ccccc2n1CSCC(=O)OCCCl. The van der Waals surface area contributed by atoms with Crippen LogP contribution in [0.5, 0.6) is 0 Å². The predicted octanol–water partition coefficient (Wildman–Crippen LogP) is 1.82. The smallest absolute Gasteiger partial charge is 0.316 e. The minimum atomic E-state index is -0.282. The van der Waals surface area contributed by atoms with Crippen LogP contribution in [-0.4, -0.2) is 33.9 Å². The van der Waals surface area contributed by atoms with Crippen LogP contribution in [0.3, 0.4) is 0 Å². The topological polar surface area (TPSA) is 81.6 Å². The lowest BCUT2D eigenvalue weighted by Crippen LogP contribution is -2.28. The van der Waals surface area contributed by atoms with Crippen molar-refractivity contribution in [2.45, 2.75) is 5.88 Å². The van der Waals surface area contributed by atoms with Crippen LogP contribution in [0.4, 0.5) is 0 Å². The average molecular weight is 391 g/mol. The van der Waals surface area contributed by atoms with Gasteiger partial charge in [0, 0.05) is 0 Å². The Morgan fingerprint density at radius 1 is 1.52 bits per heavy atom. The number of aromatic nitrogens is 1. The Morgan fingerprint density at radius 2 is 2.30 bits per heavy atom. The lowest BCUT2D eigenvalue weighted by molar-refractivity contribution is -0.139. The van der Waals surface area contributed by atoms with Gasteiger partial charge in [0.05, 0.1) is 27.7 Å². The summed E-state index contributed by atoms with van der Waals surface area (Å²) in [5.74, 6) is 0.817. The van der Waals surface area contributed by atoms with Gasteiger partial charge in [0.25, 0.3) is 0 Å². The summed E-state index contributed by atoms with van der Waals surface area (Å²) in [4.78, 5) is 12.2. The Labute approximate surface area is 151 Å². The molecule has 0 atom stereocenters. The Bertz CT molecular complexity index is 759. The molecule has 10 heteroatoms. The summed E-state index contributed by atoms with van der Waals surface area (Å²) < 4.78 is 8.01. The number of nitrogens with one attached hydrogen (secondary N) is 1.